The minimum absolute atomic E-state index is 0.0000246. The summed E-state index contributed by atoms with van der Waals surface area (Å²) in [6.07, 6.45) is 7.45. The maximum Gasteiger partial charge on any atom is 0.317 e. The fraction of sp³-hybridized carbons (Fsp3) is 0.938. The smallest absolute Gasteiger partial charge is 0.317 e. The lowest BCUT2D eigenvalue weighted by Crippen LogP contribution is -2.65. The van der Waals surface area contributed by atoms with Gasteiger partial charge < -0.3 is 20.1 Å². The molecule has 1 saturated heterocycles. The van der Waals surface area contributed by atoms with E-state index in [9.17, 15) is 9.90 Å². The molecule has 3 fully saturated rings. The summed E-state index contributed by atoms with van der Waals surface area (Å²) in [7, 11) is 0. The highest BCUT2D eigenvalue weighted by Crippen LogP contribution is 2.54. The number of carbonyl (C=O) groups is 1. The first-order valence-corrected chi connectivity index (χ1v) is 8.51. The summed E-state index contributed by atoms with van der Waals surface area (Å²) in [5.41, 5.74) is 0.181. The zero-order valence-electron chi connectivity index (χ0n) is 13.0. The zero-order valence-corrected chi connectivity index (χ0v) is 13.0. The van der Waals surface area contributed by atoms with Crippen LogP contribution in [-0.2, 0) is 4.74 Å². The number of carbonyl (C=O) groups excluding carboxylic acids is 1. The fourth-order valence-electron chi connectivity index (χ4n) is 4.47. The van der Waals surface area contributed by atoms with Crippen LogP contribution in [0.2, 0.25) is 0 Å². The van der Waals surface area contributed by atoms with Gasteiger partial charge in [-0.1, -0.05) is 12.8 Å². The quantitative estimate of drug-likeness (QED) is 0.836. The van der Waals surface area contributed by atoms with E-state index in [-0.39, 0.29) is 23.6 Å². The first-order chi connectivity index (χ1) is 10.2. The Bertz CT molecular complexity index is 382. The van der Waals surface area contributed by atoms with Crippen LogP contribution in [0, 0.1) is 5.41 Å². The van der Waals surface area contributed by atoms with E-state index in [2.05, 4.69) is 5.32 Å². The molecule has 1 heterocycles. The van der Waals surface area contributed by atoms with Crippen molar-refractivity contribution in [2.45, 2.75) is 70.1 Å². The van der Waals surface area contributed by atoms with Crippen molar-refractivity contribution in [1.82, 2.24) is 10.2 Å². The van der Waals surface area contributed by atoms with Crippen LogP contribution in [0.5, 0.6) is 0 Å². The van der Waals surface area contributed by atoms with Crippen LogP contribution >= 0.6 is 0 Å². The summed E-state index contributed by atoms with van der Waals surface area (Å²) in [5, 5.41) is 12.9. The van der Waals surface area contributed by atoms with Crippen LogP contribution < -0.4 is 5.32 Å². The maximum absolute atomic E-state index is 12.4. The molecule has 5 heteroatoms. The second kappa shape index (κ2) is 6.13. The van der Waals surface area contributed by atoms with E-state index in [0.717, 1.165) is 32.4 Å². The molecule has 0 aromatic carbocycles. The van der Waals surface area contributed by atoms with E-state index < -0.39 is 0 Å². The Morgan fingerprint density at radius 2 is 2.14 bits per heavy atom. The van der Waals surface area contributed by atoms with Gasteiger partial charge in [-0.15, -0.1) is 0 Å². The standard InChI is InChI=1S/C16H28N2O3/c1-2-21-14-10-13(16(14)7-3-4-8-16)17-15(20)18-9-5-6-12(19)11-18/h12-14,19H,2-11H2,1H3,(H,17,20). The lowest BCUT2D eigenvalue weighted by Gasteiger charge is -2.54. The number of urea groups is 1. The van der Waals surface area contributed by atoms with Gasteiger partial charge in [0.05, 0.1) is 12.2 Å². The van der Waals surface area contributed by atoms with Crippen LogP contribution in [0.4, 0.5) is 4.79 Å². The lowest BCUT2D eigenvalue weighted by molar-refractivity contribution is -0.127. The number of amides is 2. The van der Waals surface area contributed by atoms with Crippen molar-refractivity contribution >= 4 is 6.03 Å². The second-order valence-electron chi connectivity index (χ2n) is 6.86. The normalized spacial score (nSPS) is 34.8. The van der Waals surface area contributed by atoms with E-state index in [1.54, 1.807) is 4.90 Å². The number of hydrogen-bond donors (Lipinski definition) is 2. The van der Waals surface area contributed by atoms with E-state index in [0.29, 0.717) is 12.6 Å². The molecule has 21 heavy (non-hydrogen) atoms. The zero-order chi connectivity index (χ0) is 14.9. The van der Waals surface area contributed by atoms with Gasteiger partial charge in [0.2, 0.25) is 0 Å². The Hall–Kier alpha value is -0.810. The van der Waals surface area contributed by atoms with Gasteiger partial charge in [0.1, 0.15) is 0 Å². The third-order valence-electron chi connectivity index (χ3n) is 5.67. The lowest BCUT2D eigenvalue weighted by atomic mass is 9.60. The van der Waals surface area contributed by atoms with Crippen molar-refractivity contribution in [3.8, 4) is 0 Å². The highest BCUT2D eigenvalue weighted by atomic mass is 16.5. The molecule has 1 spiro atoms. The average molecular weight is 296 g/mol. The van der Waals surface area contributed by atoms with Crippen molar-refractivity contribution in [2.24, 2.45) is 5.41 Å². The summed E-state index contributed by atoms with van der Waals surface area (Å²) < 4.78 is 5.89. The Labute approximate surface area is 127 Å². The molecular formula is C16H28N2O3. The molecule has 0 aromatic heterocycles. The van der Waals surface area contributed by atoms with Gasteiger partial charge in [0, 0.05) is 31.2 Å². The number of nitrogens with one attached hydrogen (secondary N) is 1. The summed E-state index contributed by atoms with van der Waals surface area (Å²) >= 11 is 0. The van der Waals surface area contributed by atoms with Crippen LogP contribution in [0.25, 0.3) is 0 Å². The van der Waals surface area contributed by atoms with Crippen molar-refractivity contribution in [3.05, 3.63) is 0 Å². The van der Waals surface area contributed by atoms with Crippen LogP contribution in [-0.4, -0.2) is 54.0 Å². The van der Waals surface area contributed by atoms with Gasteiger partial charge >= 0.3 is 6.03 Å². The average Bonchev–Trinajstić information content (AvgIpc) is 2.98. The second-order valence-corrected chi connectivity index (χ2v) is 6.86. The summed E-state index contributed by atoms with van der Waals surface area (Å²) in [6.45, 7) is 4.03. The summed E-state index contributed by atoms with van der Waals surface area (Å²) in [5.74, 6) is 0. The largest absolute Gasteiger partial charge is 0.391 e. The van der Waals surface area contributed by atoms with Crippen molar-refractivity contribution < 1.29 is 14.6 Å². The highest BCUT2D eigenvalue weighted by molar-refractivity contribution is 5.75. The molecule has 0 bridgehead atoms. The number of hydrogen-bond acceptors (Lipinski definition) is 3. The number of likely N-dealkylation sites (tertiary alicyclic amines) is 1. The number of rotatable bonds is 3. The molecule has 0 radical (unpaired) electrons. The van der Waals surface area contributed by atoms with E-state index in [1.807, 2.05) is 6.92 Å². The molecule has 3 rings (SSSR count). The molecule has 3 unspecified atom stereocenters. The number of piperidine rings is 1. The molecule has 1 aliphatic heterocycles. The van der Waals surface area contributed by atoms with E-state index in [1.165, 1.54) is 25.7 Å². The Balaban J connectivity index is 1.58. The third kappa shape index (κ3) is 2.78. The van der Waals surface area contributed by atoms with Gasteiger partial charge in [-0.2, -0.15) is 0 Å². The minimum atomic E-state index is -0.359. The van der Waals surface area contributed by atoms with Gasteiger partial charge in [-0.25, -0.2) is 4.79 Å². The topological polar surface area (TPSA) is 61.8 Å². The van der Waals surface area contributed by atoms with E-state index >= 15 is 0 Å². The SMILES string of the molecule is CCOC1CC(NC(=O)N2CCCC(O)C2)C12CCCC2. The fourth-order valence-corrected chi connectivity index (χ4v) is 4.47. The number of aliphatic hydroxyl groups is 1. The molecule has 3 aliphatic rings. The Kier molecular flexibility index (Phi) is 4.41. The molecule has 2 saturated carbocycles. The monoisotopic (exact) mass is 296 g/mol. The van der Waals surface area contributed by atoms with Crippen LogP contribution in [0.1, 0.15) is 51.9 Å². The van der Waals surface area contributed by atoms with Crippen molar-refractivity contribution in [2.75, 3.05) is 19.7 Å². The van der Waals surface area contributed by atoms with Gasteiger partial charge in [0.15, 0.2) is 0 Å². The Morgan fingerprint density at radius 1 is 1.38 bits per heavy atom. The van der Waals surface area contributed by atoms with Crippen LogP contribution in [0.3, 0.4) is 0 Å². The first kappa shape index (κ1) is 15.1. The highest BCUT2D eigenvalue weighted by Gasteiger charge is 2.57. The number of ether oxygens (including phenoxy) is 1. The third-order valence-corrected chi connectivity index (χ3v) is 5.67. The Morgan fingerprint density at radius 3 is 2.81 bits per heavy atom. The van der Waals surface area contributed by atoms with Gasteiger partial charge in [-0.3, -0.25) is 0 Å². The molecule has 2 amide bonds. The number of aliphatic hydroxyl groups excluding tert-OH is 1. The summed E-state index contributed by atoms with van der Waals surface area (Å²) in [6, 6.07) is 0.253. The molecule has 120 valence electrons. The number of β-amino-alcohol motifs (C(OH)–C–C–N with tert-alkyl or cyclic N) is 1. The maximum atomic E-state index is 12.4. The first-order valence-electron chi connectivity index (χ1n) is 8.51. The molecule has 3 atom stereocenters. The molecule has 0 aromatic rings. The molecule has 2 aliphatic carbocycles. The minimum Gasteiger partial charge on any atom is -0.391 e. The number of nitrogens with zero attached hydrogens (tertiary/aromatic N) is 1. The van der Waals surface area contributed by atoms with Crippen LogP contribution in [0.15, 0.2) is 0 Å². The molecule has 2 N–H and O–H groups in total. The van der Waals surface area contributed by atoms with Crippen molar-refractivity contribution in [3.63, 3.8) is 0 Å². The predicted molar refractivity (Wildman–Crippen MR) is 80.1 cm³/mol. The molecule has 5 nitrogen and oxygen atoms in total. The predicted octanol–water partition coefficient (Wildman–Crippen LogP) is 1.89. The van der Waals surface area contributed by atoms with Crippen molar-refractivity contribution in [1.29, 1.82) is 0 Å². The van der Waals surface area contributed by atoms with E-state index in [4.69, 9.17) is 4.74 Å². The molecular weight excluding hydrogens is 268 g/mol. The van der Waals surface area contributed by atoms with Gasteiger partial charge in [0.25, 0.3) is 0 Å². The summed E-state index contributed by atoms with van der Waals surface area (Å²) in [4.78, 5) is 14.2. The van der Waals surface area contributed by atoms with Gasteiger partial charge in [-0.05, 0) is 39.0 Å².